The molecule has 0 bridgehead atoms. The van der Waals surface area contributed by atoms with Crippen LogP contribution in [0.25, 0.3) is 0 Å². The van der Waals surface area contributed by atoms with Crippen LogP contribution in [0.1, 0.15) is 19.4 Å². The van der Waals surface area contributed by atoms with Crippen LogP contribution in [0.2, 0.25) is 5.02 Å². The van der Waals surface area contributed by atoms with Crippen LogP contribution in [-0.4, -0.2) is 23.8 Å². The molecule has 1 N–H and O–H groups in total. The number of fused-ring (bicyclic) bond motifs is 1. The van der Waals surface area contributed by atoms with Gasteiger partial charge in [-0.15, -0.1) is 0 Å². The molecule has 0 radical (unpaired) electrons. The zero-order valence-electron chi connectivity index (χ0n) is 9.29. The summed E-state index contributed by atoms with van der Waals surface area (Å²) in [5.74, 6) is 0. The number of hydrogen-bond donors (Lipinski definition) is 1. The van der Waals surface area contributed by atoms with E-state index in [0.29, 0.717) is 0 Å². The number of nitrogens with zero attached hydrogens (tertiary/aromatic N) is 1. The summed E-state index contributed by atoms with van der Waals surface area (Å²) in [6.07, 6.45) is 0.814. The van der Waals surface area contributed by atoms with Gasteiger partial charge in [0, 0.05) is 17.8 Å². The summed E-state index contributed by atoms with van der Waals surface area (Å²) < 4.78 is 0. The molecule has 0 aromatic heterocycles. The van der Waals surface area contributed by atoms with E-state index in [9.17, 15) is 5.11 Å². The summed E-state index contributed by atoms with van der Waals surface area (Å²) in [5.41, 5.74) is 1.57. The summed E-state index contributed by atoms with van der Waals surface area (Å²) in [5, 5.41) is 10.9. The molecule has 0 saturated heterocycles. The zero-order chi connectivity index (χ0) is 11.2. The lowest BCUT2D eigenvalue weighted by Crippen LogP contribution is -2.46. The first-order valence-electron chi connectivity index (χ1n) is 5.14. The van der Waals surface area contributed by atoms with E-state index < -0.39 is 5.60 Å². The highest BCUT2D eigenvalue weighted by Gasteiger charge is 2.37. The number of halogens is 1. The summed E-state index contributed by atoms with van der Waals surface area (Å²) >= 11 is 6.14. The second-order valence-corrected chi connectivity index (χ2v) is 5.13. The number of rotatable bonds is 1. The van der Waals surface area contributed by atoms with E-state index in [-0.39, 0.29) is 6.04 Å². The maximum Gasteiger partial charge on any atom is 0.0797 e. The standard InChI is InChI=1S/C12H16ClNO/c1-12(2,15)11-7-8-9(13)5-4-6-10(8)14(11)3/h4-6,11,15H,7H2,1-3H3. The molecule has 0 aliphatic carbocycles. The molecule has 1 aromatic carbocycles. The summed E-state index contributed by atoms with van der Waals surface area (Å²) in [4.78, 5) is 2.11. The molecule has 1 aliphatic heterocycles. The predicted molar refractivity (Wildman–Crippen MR) is 63.6 cm³/mol. The topological polar surface area (TPSA) is 23.5 Å². The van der Waals surface area contributed by atoms with Gasteiger partial charge in [0.15, 0.2) is 0 Å². The van der Waals surface area contributed by atoms with Crippen molar-refractivity contribution >= 4 is 17.3 Å². The number of likely N-dealkylation sites (N-methyl/N-ethyl adjacent to an activating group) is 1. The van der Waals surface area contributed by atoms with Crippen molar-refractivity contribution < 1.29 is 5.11 Å². The molecule has 0 spiro atoms. The largest absolute Gasteiger partial charge is 0.388 e. The fourth-order valence-electron chi connectivity index (χ4n) is 2.30. The molecule has 2 nitrogen and oxygen atoms in total. The highest BCUT2D eigenvalue weighted by atomic mass is 35.5. The number of benzene rings is 1. The van der Waals surface area contributed by atoms with Crippen LogP contribution < -0.4 is 4.90 Å². The Balaban J connectivity index is 2.42. The molecule has 82 valence electrons. The van der Waals surface area contributed by atoms with E-state index in [1.165, 1.54) is 0 Å². The molecule has 1 aliphatic rings. The van der Waals surface area contributed by atoms with E-state index in [2.05, 4.69) is 4.90 Å². The van der Waals surface area contributed by atoms with Gasteiger partial charge in [-0.3, -0.25) is 0 Å². The first-order chi connectivity index (χ1) is 6.91. The Morgan fingerprint density at radius 1 is 1.47 bits per heavy atom. The maximum atomic E-state index is 10.1. The molecule has 1 aromatic rings. The van der Waals surface area contributed by atoms with Crippen molar-refractivity contribution in [3.8, 4) is 0 Å². The summed E-state index contributed by atoms with van der Waals surface area (Å²) in [6.45, 7) is 3.68. The molecule has 0 amide bonds. The molecule has 0 fully saturated rings. The molecular formula is C12H16ClNO. The van der Waals surface area contributed by atoms with E-state index in [1.807, 2.05) is 39.1 Å². The fraction of sp³-hybridized carbons (Fsp3) is 0.500. The monoisotopic (exact) mass is 225 g/mol. The van der Waals surface area contributed by atoms with Gasteiger partial charge in [-0.2, -0.15) is 0 Å². The highest BCUT2D eigenvalue weighted by molar-refractivity contribution is 6.31. The van der Waals surface area contributed by atoms with Crippen molar-refractivity contribution in [3.05, 3.63) is 28.8 Å². The predicted octanol–water partition coefficient (Wildman–Crippen LogP) is 2.47. The molecule has 3 heteroatoms. The minimum absolute atomic E-state index is 0.104. The van der Waals surface area contributed by atoms with Gasteiger partial charge in [0.25, 0.3) is 0 Å². The van der Waals surface area contributed by atoms with Crippen LogP contribution in [0.4, 0.5) is 5.69 Å². The first-order valence-corrected chi connectivity index (χ1v) is 5.51. The molecule has 15 heavy (non-hydrogen) atoms. The Kier molecular flexibility index (Phi) is 2.44. The Labute approximate surface area is 95.5 Å². The number of anilines is 1. The van der Waals surface area contributed by atoms with Crippen molar-refractivity contribution in [3.63, 3.8) is 0 Å². The Bertz CT molecular complexity index is 384. The van der Waals surface area contributed by atoms with Crippen molar-refractivity contribution in [1.82, 2.24) is 0 Å². The van der Waals surface area contributed by atoms with Crippen LogP contribution in [-0.2, 0) is 6.42 Å². The lowest BCUT2D eigenvalue weighted by Gasteiger charge is -2.32. The molecule has 2 rings (SSSR count). The van der Waals surface area contributed by atoms with Crippen LogP contribution >= 0.6 is 11.6 Å². The minimum atomic E-state index is -0.711. The lowest BCUT2D eigenvalue weighted by molar-refractivity contribution is 0.0533. The van der Waals surface area contributed by atoms with Crippen molar-refractivity contribution in [2.24, 2.45) is 0 Å². The van der Waals surface area contributed by atoms with Gasteiger partial charge >= 0.3 is 0 Å². The number of aliphatic hydroxyl groups is 1. The molecule has 0 saturated carbocycles. The molecule has 1 unspecified atom stereocenters. The SMILES string of the molecule is CN1c2cccc(Cl)c2CC1C(C)(C)O. The van der Waals surface area contributed by atoms with E-state index >= 15 is 0 Å². The van der Waals surface area contributed by atoms with Gasteiger partial charge in [0.2, 0.25) is 0 Å². The second kappa shape index (κ2) is 3.39. The van der Waals surface area contributed by atoms with Crippen molar-refractivity contribution in [1.29, 1.82) is 0 Å². The van der Waals surface area contributed by atoms with Gasteiger partial charge in [0.1, 0.15) is 0 Å². The first kappa shape index (κ1) is 10.8. The third-order valence-electron chi connectivity index (χ3n) is 3.15. The smallest absolute Gasteiger partial charge is 0.0797 e. The average Bonchev–Trinajstić information content (AvgIpc) is 2.45. The maximum absolute atomic E-state index is 10.1. The summed E-state index contributed by atoms with van der Waals surface area (Å²) in [6, 6.07) is 6.01. The second-order valence-electron chi connectivity index (χ2n) is 4.72. The molecular weight excluding hydrogens is 210 g/mol. The van der Waals surface area contributed by atoms with Crippen molar-refractivity contribution in [2.45, 2.75) is 31.9 Å². The van der Waals surface area contributed by atoms with Gasteiger partial charge in [-0.05, 0) is 38.0 Å². The van der Waals surface area contributed by atoms with E-state index in [0.717, 1.165) is 22.7 Å². The Morgan fingerprint density at radius 3 is 2.67 bits per heavy atom. The highest BCUT2D eigenvalue weighted by Crippen LogP contribution is 2.38. The average molecular weight is 226 g/mol. The third-order valence-corrected chi connectivity index (χ3v) is 3.51. The Morgan fingerprint density at radius 2 is 2.13 bits per heavy atom. The van der Waals surface area contributed by atoms with Crippen LogP contribution in [0.15, 0.2) is 18.2 Å². The van der Waals surface area contributed by atoms with Gasteiger partial charge in [-0.25, -0.2) is 0 Å². The van der Waals surface area contributed by atoms with E-state index in [1.54, 1.807) is 0 Å². The van der Waals surface area contributed by atoms with Crippen LogP contribution in [0.5, 0.6) is 0 Å². The number of hydrogen-bond acceptors (Lipinski definition) is 2. The Hall–Kier alpha value is -0.730. The molecule has 1 heterocycles. The summed E-state index contributed by atoms with van der Waals surface area (Å²) in [7, 11) is 2.00. The van der Waals surface area contributed by atoms with Gasteiger partial charge < -0.3 is 10.0 Å². The molecule has 1 atom stereocenters. The zero-order valence-corrected chi connectivity index (χ0v) is 10.0. The van der Waals surface area contributed by atoms with Gasteiger partial charge in [-0.1, -0.05) is 17.7 Å². The van der Waals surface area contributed by atoms with Crippen LogP contribution in [0.3, 0.4) is 0 Å². The quantitative estimate of drug-likeness (QED) is 0.794. The third kappa shape index (κ3) is 1.72. The fourth-order valence-corrected chi connectivity index (χ4v) is 2.55. The minimum Gasteiger partial charge on any atom is -0.388 e. The van der Waals surface area contributed by atoms with Crippen LogP contribution in [0, 0.1) is 0 Å². The van der Waals surface area contributed by atoms with Crippen molar-refractivity contribution in [2.75, 3.05) is 11.9 Å². The van der Waals surface area contributed by atoms with E-state index in [4.69, 9.17) is 11.6 Å². The lowest BCUT2D eigenvalue weighted by atomic mass is 9.95. The normalized spacial score (nSPS) is 20.6. The van der Waals surface area contributed by atoms with Gasteiger partial charge in [0.05, 0.1) is 11.6 Å².